The number of ether oxygens (including phenoxy) is 1. The van der Waals surface area contributed by atoms with Crippen LogP contribution in [0.2, 0.25) is 0 Å². The number of hydrogen-bond donors (Lipinski definition) is 2. The highest BCUT2D eigenvalue weighted by atomic mass is 16.5. The van der Waals surface area contributed by atoms with Gasteiger partial charge in [0.15, 0.2) is 0 Å². The molecule has 1 heterocycles. The molecule has 54 valence electrons. The second kappa shape index (κ2) is 2.64. The van der Waals surface area contributed by atoms with Gasteiger partial charge in [-0.3, -0.25) is 0 Å². The van der Waals surface area contributed by atoms with Crippen LogP contribution >= 0.6 is 0 Å². The van der Waals surface area contributed by atoms with Gasteiger partial charge in [-0.25, -0.2) is 0 Å². The first-order chi connectivity index (χ1) is 4.27. The molecule has 3 nitrogen and oxygen atoms in total. The van der Waals surface area contributed by atoms with E-state index in [1.165, 1.54) is 0 Å². The number of morpholine rings is 1. The van der Waals surface area contributed by atoms with Crippen LogP contribution in [0, 0.1) is 0 Å². The molecule has 0 amide bonds. The molecule has 1 rings (SSSR count). The Hall–Kier alpha value is -0.120. The topological polar surface area (TPSA) is 41.5 Å². The van der Waals surface area contributed by atoms with Gasteiger partial charge in [0.25, 0.3) is 0 Å². The molecule has 9 heavy (non-hydrogen) atoms. The monoisotopic (exact) mass is 131 g/mol. The van der Waals surface area contributed by atoms with Crippen molar-refractivity contribution in [3.05, 3.63) is 0 Å². The Morgan fingerprint density at radius 2 is 2.56 bits per heavy atom. The number of aliphatic hydroxyl groups is 1. The van der Waals surface area contributed by atoms with Gasteiger partial charge in [-0.2, -0.15) is 0 Å². The normalized spacial score (nSPS) is 36.7. The Kier molecular flexibility index (Phi) is 2.05. The molecule has 1 fully saturated rings. The molecule has 1 aliphatic rings. The second-order valence-electron chi connectivity index (χ2n) is 2.70. The molecular formula is C6H13NO2. The van der Waals surface area contributed by atoms with Crippen LogP contribution in [0.25, 0.3) is 0 Å². The van der Waals surface area contributed by atoms with Gasteiger partial charge in [0, 0.05) is 6.54 Å². The fourth-order valence-corrected chi connectivity index (χ4v) is 0.875. The fraction of sp³-hybridized carbons (Fsp3) is 1.00. The highest BCUT2D eigenvalue weighted by Gasteiger charge is 2.25. The molecule has 0 bridgehead atoms. The maximum atomic E-state index is 8.81. The Labute approximate surface area is 55.0 Å². The first-order valence-corrected chi connectivity index (χ1v) is 3.20. The minimum absolute atomic E-state index is 0.146. The molecule has 0 aromatic carbocycles. The molecule has 1 atom stereocenters. The van der Waals surface area contributed by atoms with Crippen LogP contribution in [0.1, 0.15) is 6.92 Å². The highest BCUT2D eigenvalue weighted by molar-refractivity contribution is 4.84. The van der Waals surface area contributed by atoms with E-state index >= 15 is 0 Å². The summed E-state index contributed by atoms with van der Waals surface area (Å²) in [5.74, 6) is 0. The molecule has 2 N–H and O–H groups in total. The molecule has 0 aromatic heterocycles. The van der Waals surface area contributed by atoms with Gasteiger partial charge in [0.2, 0.25) is 0 Å². The highest BCUT2D eigenvalue weighted by Crippen LogP contribution is 2.05. The molecule has 0 spiro atoms. The Balaban J connectivity index is 2.37. The van der Waals surface area contributed by atoms with Crippen molar-refractivity contribution in [2.24, 2.45) is 0 Å². The minimum Gasteiger partial charge on any atom is -0.394 e. The first kappa shape index (κ1) is 6.99. The van der Waals surface area contributed by atoms with E-state index in [0.717, 1.165) is 13.2 Å². The second-order valence-corrected chi connectivity index (χ2v) is 2.70. The number of hydrogen-bond acceptors (Lipinski definition) is 3. The molecule has 0 aliphatic carbocycles. The Bertz CT molecular complexity index is 89.1. The van der Waals surface area contributed by atoms with Crippen LogP contribution in [-0.4, -0.2) is 37.0 Å². The SMILES string of the molecule is CC1(CO)COCCN1. The Morgan fingerprint density at radius 3 is 2.89 bits per heavy atom. The van der Waals surface area contributed by atoms with Gasteiger partial charge >= 0.3 is 0 Å². The lowest BCUT2D eigenvalue weighted by atomic mass is 10.0. The standard InChI is InChI=1S/C6H13NO2/c1-6(4-8)5-9-3-2-7-6/h7-8H,2-5H2,1H3. The molecule has 3 heteroatoms. The van der Waals surface area contributed by atoms with E-state index in [0.29, 0.717) is 6.61 Å². The summed E-state index contributed by atoms with van der Waals surface area (Å²) in [5, 5.41) is 12.0. The van der Waals surface area contributed by atoms with E-state index in [-0.39, 0.29) is 12.1 Å². The molecular weight excluding hydrogens is 118 g/mol. The molecule has 1 unspecified atom stereocenters. The van der Waals surface area contributed by atoms with Crippen molar-refractivity contribution < 1.29 is 9.84 Å². The largest absolute Gasteiger partial charge is 0.394 e. The quantitative estimate of drug-likeness (QED) is 0.497. The summed E-state index contributed by atoms with van der Waals surface area (Å²) >= 11 is 0. The van der Waals surface area contributed by atoms with Crippen molar-refractivity contribution in [1.82, 2.24) is 5.32 Å². The predicted molar refractivity (Wildman–Crippen MR) is 34.3 cm³/mol. The molecule has 0 aromatic rings. The Morgan fingerprint density at radius 1 is 1.78 bits per heavy atom. The average Bonchev–Trinajstić information content (AvgIpc) is 1.90. The zero-order valence-corrected chi connectivity index (χ0v) is 5.68. The summed E-state index contributed by atoms with van der Waals surface area (Å²) in [5.41, 5.74) is -0.196. The predicted octanol–water partition coefficient (Wildman–Crippen LogP) is -0.643. The van der Waals surface area contributed by atoms with Gasteiger partial charge in [-0.1, -0.05) is 0 Å². The van der Waals surface area contributed by atoms with E-state index < -0.39 is 0 Å². The third-order valence-corrected chi connectivity index (χ3v) is 1.57. The first-order valence-electron chi connectivity index (χ1n) is 3.20. The fourth-order valence-electron chi connectivity index (χ4n) is 0.875. The van der Waals surface area contributed by atoms with Crippen LogP contribution in [-0.2, 0) is 4.74 Å². The van der Waals surface area contributed by atoms with Gasteiger partial charge in [-0.15, -0.1) is 0 Å². The van der Waals surface area contributed by atoms with Gasteiger partial charge in [-0.05, 0) is 6.92 Å². The molecule has 0 saturated carbocycles. The maximum absolute atomic E-state index is 8.81. The van der Waals surface area contributed by atoms with E-state index in [1.807, 2.05) is 6.92 Å². The lowest BCUT2D eigenvalue weighted by Gasteiger charge is -2.32. The van der Waals surface area contributed by atoms with Crippen LogP contribution in [0.5, 0.6) is 0 Å². The van der Waals surface area contributed by atoms with Crippen molar-refractivity contribution in [3.63, 3.8) is 0 Å². The van der Waals surface area contributed by atoms with Crippen molar-refractivity contribution >= 4 is 0 Å². The summed E-state index contributed by atoms with van der Waals surface area (Å²) in [6, 6.07) is 0. The molecule has 1 saturated heterocycles. The third kappa shape index (κ3) is 1.64. The van der Waals surface area contributed by atoms with Gasteiger partial charge < -0.3 is 15.2 Å². The van der Waals surface area contributed by atoms with E-state index in [4.69, 9.17) is 9.84 Å². The number of aliphatic hydroxyl groups excluding tert-OH is 1. The van der Waals surface area contributed by atoms with Crippen molar-refractivity contribution in [2.75, 3.05) is 26.4 Å². The van der Waals surface area contributed by atoms with Gasteiger partial charge in [0.05, 0.1) is 25.4 Å². The molecule has 1 aliphatic heterocycles. The van der Waals surface area contributed by atoms with Crippen LogP contribution < -0.4 is 5.32 Å². The molecule has 0 radical (unpaired) electrons. The zero-order valence-electron chi connectivity index (χ0n) is 5.68. The zero-order chi connectivity index (χ0) is 6.74. The van der Waals surface area contributed by atoms with Crippen molar-refractivity contribution in [2.45, 2.75) is 12.5 Å². The van der Waals surface area contributed by atoms with Crippen molar-refractivity contribution in [3.8, 4) is 0 Å². The summed E-state index contributed by atoms with van der Waals surface area (Å²) in [6.07, 6.45) is 0. The summed E-state index contributed by atoms with van der Waals surface area (Å²) in [7, 11) is 0. The lowest BCUT2D eigenvalue weighted by Crippen LogP contribution is -2.54. The van der Waals surface area contributed by atoms with E-state index in [1.54, 1.807) is 0 Å². The summed E-state index contributed by atoms with van der Waals surface area (Å²) in [6.45, 7) is 4.31. The van der Waals surface area contributed by atoms with Crippen LogP contribution in [0.4, 0.5) is 0 Å². The maximum Gasteiger partial charge on any atom is 0.0668 e. The summed E-state index contributed by atoms with van der Waals surface area (Å²) in [4.78, 5) is 0. The lowest BCUT2D eigenvalue weighted by molar-refractivity contribution is 0.00824. The van der Waals surface area contributed by atoms with Crippen molar-refractivity contribution in [1.29, 1.82) is 0 Å². The smallest absolute Gasteiger partial charge is 0.0668 e. The third-order valence-electron chi connectivity index (χ3n) is 1.57. The average molecular weight is 131 g/mol. The van der Waals surface area contributed by atoms with Crippen LogP contribution in [0.3, 0.4) is 0 Å². The van der Waals surface area contributed by atoms with Gasteiger partial charge in [0.1, 0.15) is 0 Å². The van der Waals surface area contributed by atoms with E-state index in [9.17, 15) is 0 Å². The van der Waals surface area contributed by atoms with Crippen LogP contribution in [0.15, 0.2) is 0 Å². The number of nitrogens with one attached hydrogen (secondary N) is 1. The summed E-state index contributed by atoms with van der Waals surface area (Å²) < 4.78 is 5.15. The van der Waals surface area contributed by atoms with E-state index in [2.05, 4.69) is 5.32 Å². The number of rotatable bonds is 1. The minimum atomic E-state index is -0.196.